The van der Waals surface area contributed by atoms with Crippen molar-refractivity contribution in [2.75, 3.05) is 0 Å². The SMILES string of the molecule is CC(=O)C1CCCC1C(=O)CC(C)(C)C. The maximum atomic E-state index is 12.0. The molecule has 0 heterocycles. The summed E-state index contributed by atoms with van der Waals surface area (Å²) in [5.41, 5.74) is 0.0427. The van der Waals surface area contributed by atoms with Gasteiger partial charge >= 0.3 is 0 Å². The van der Waals surface area contributed by atoms with Gasteiger partial charge in [0, 0.05) is 18.3 Å². The monoisotopic (exact) mass is 210 g/mol. The van der Waals surface area contributed by atoms with Gasteiger partial charge in [-0.05, 0) is 25.2 Å². The van der Waals surface area contributed by atoms with Crippen LogP contribution in [-0.2, 0) is 9.59 Å². The Morgan fingerprint density at radius 3 is 2.13 bits per heavy atom. The molecule has 2 heteroatoms. The number of carbonyl (C=O) groups excluding carboxylic acids is 2. The quantitative estimate of drug-likeness (QED) is 0.717. The van der Waals surface area contributed by atoms with Crippen LogP contribution in [0, 0.1) is 17.3 Å². The predicted octanol–water partition coefficient (Wildman–Crippen LogP) is 3.00. The Morgan fingerprint density at radius 1 is 1.13 bits per heavy atom. The third-order valence-corrected chi connectivity index (χ3v) is 3.16. The molecule has 1 aliphatic rings. The highest BCUT2D eigenvalue weighted by atomic mass is 16.1. The predicted molar refractivity (Wildman–Crippen MR) is 60.6 cm³/mol. The minimum atomic E-state index is 0.0137. The normalized spacial score (nSPS) is 26.7. The fourth-order valence-corrected chi connectivity index (χ4v) is 2.49. The van der Waals surface area contributed by atoms with Crippen LogP contribution in [0.1, 0.15) is 53.4 Å². The van der Waals surface area contributed by atoms with Crippen molar-refractivity contribution in [1.82, 2.24) is 0 Å². The van der Waals surface area contributed by atoms with Gasteiger partial charge in [-0.25, -0.2) is 0 Å². The smallest absolute Gasteiger partial charge is 0.137 e. The highest BCUT2D eigenvalue weighted by molar-refractivity contribution is 5.89. The molecule has 0 amide bonds. The summed E-state index contributed by atoms with van der Waals surface area (Å²) in [6.07, 6.45) is 3.46. The van der Waals surface area contributed by atoms with Gasteiger partial charge in [0.25, 0.3) is 0 Å². The molecule has 1 rings (SSSR count). The summed E-state index contributed by atoms with van der Waals surface area (Å²) >= 11 is 0. The first-order valence-electron chi connectivity index (χ1n) is 5.84. The fraction of sp³-hybridized carbons (Fsp3) is 0.846. The lowest BCUT2D eigenvalue weighted by Gasteiger charge is -2.22. The van der Waals surface area contributed by atoms with Crippen LogP contribution in [0.25, 0.3) is 0 Å². The summed E-state index contributed by atoms with van der Waals surface area (Å²) in [5, 5.41) is 0. The average Bonchev–Trinajstić information content (AvgIpc) is 2.47. The van der Waals surface area contributed by atoms with Crippen LogP contribution in [0.15, 0.2) is 0 Å². The molecule has 15 heavy (non-hydrogen) atoms. The molecule has 0 bridgehead atoms. The zero-order valence-corrected chi connectivity index (χ0v) is 10.3. The Kier molecular flexibility index (Phi) is 3.69. The molecule has 0 N–H and O–H groups in total. The van der Waals surface area contributed by atoms with Gasteiger partial charge in [-0.2, -0.15) is 0 Å². The standard InChI is InChI=1S/C13H22O2/c1-9(14)10-6-5-7-11(10)12(15)8-13(2,3)4/h10-11H,5-8H2,1-4H3. The molecule has 0 aliphatic heterocycles. The molecule has 0 spiro atoms. The first-order valence-corrected chi connectivity index (χ1v) is 5.84. The van der Waals surface area contributed by atoms with Crippen molar-refractivity contribution < 1.29 is 9.59 Å². The summed E-state index contributed by atoms with van der Waals surface area (Å²) in [4.78, 5) is 23.4. The van der Waals surface area contributed by atoms with E-state index in [2.05, 4.69) is 20.8 Å². The van der Waals surface area contributed by atoms with Crippen LogP contribution in [-0.4, -0.2) is 11.6 Å². The van der Waals surface area contributed by atoms with Gasteiger partial charge in [0.05, 0.1) is 0 Å². The first-order chi connectivity index (χ1) is 6.81. The molecule has 0 aromatic rings. The van der Waals surface area contributed by atoms with Gasteiger partial charge in [0.2, 0.25) is 0 Å². The average molecular weight is 210 g/mol. The van der Waals surface area contributed by atoms with E-state index in [-0.39, 0.29) is 23.0 Å². The third-order valence-electron chi connectivity index (χ3n) is 3.16. The maximum Gasteiger partial charge on any atom is 0.137 e. The first kappa shape index (κ1) is 12.4. The van der Waals surface area contributed by atoms with Gasteiger partial charge in [0.1, 0.15) is 11.6 Å². The van der Waals surface area contributed by atoms with E-state index in [0.29, 0.717) is 12.2 Å². The number of Topliss-reactive ketones (excluding diaryl/α,β-unsaturated/α-hetero) is 2. The Hall–Kier alpha value is -0.660. The zero-order chi connectivity index (χ0) is 11.6. The van der Waals surface area contributed by atoms with Crippen molar-refractivity contribution in [2.24, 2.45) is 17.3 Å². The minimum absolute atomic E-state index is 0.0137. The molecule has 2 atom stereocenters. The summed E-state index contributed by atoms with van der Waals surface area (Å²) in [6.45, 7) is 7.83. The van der Waals surface area contributed by atoms with E-state index in [1.54, 1.807) is 6.92 Å². The molecular formula is C13H22O2. The van der Waals surface area contributed by atoms with E-state index < -0.39 is 0 Å². The Morgan fingerprint density at radius 2 is 1.67 bits per heavy atom. The molecule has 2 nitrogen and oxygen atoms in total. The fourth-order valence-electron chi connectivity index (χ4n) is 2.49. The van der Waals surface area contributed by atoms with E-state index in [9.17, 15) is 9.59 Å². The van der Waals surface area contributed by atoms with Gasteiger partial charge < -0.3 is 0 Å². The highest BCUT2D eigenvalue weighted by Gasteiger charge is 2.36. The van der Waals surface area contributed by atoms with Gasteiger partial charge in [-0.3, -0.25) is 9.59 Å². The molecule has 0 aromatic carbocycles. The van der Waals surface area contributed by atoms with Crippen molar-refractivity contribution in [1.29, 1.82) is 0 Å². The minimum Gasteiger partial charge on any atom is -0.300 e. The second kappa shape index (κ2) is 4.46. The van der Waals surface area contributed by atoms with Crippen LogP contribution < -0.4 is 0 Å². The van der Waals surface area contributed by atoms with Crippen molar-refractivity contribution in [3.63, 3.8) is 0 Å². The number of carbonyl (C=O) groups is 2. The molecule has 0 radical (unpaired) electrons. The van der Waals surface area contributed by atoms with Crippen molar-refractivity contribution in [3.05, 3.63) is 0 Å². The van der Waals surface area contributed by atoms with E-state index in [4.69, 9.17) is 0 Å². The van der Waals surface area contributed by atoms with Crippen LogP contribution in [0.5, 0.6) is 0 Å². The lowest BCUT2D eigenvalue weighted by Crippen LogP contribution is -2.27. The van der Waals surface area contributed by atoms with Crippen molar-refractivity contribution >= 4 is 11.6 Å². The van der Waals surface area contributed by atoms with E-state index in [1.165, 1.54) is 0 Å². The second-order valence-corrected chi connectivity index (χ2v) is 5.96. The van der Waals surface area contributed by atoms with E-state index in [0.717, 1.165) is 19.3 Å². The van der Waals surface area contributed by atoms with Gasteiger partial charge in [-0.1, -0.05) is 27.2 Å². The Balaban J connectivity index is 2.63. The number of rotatable bonds is 3. The molecule has 1 fully saturated rings. The highest BCUT2D eigenvalue weighted by Crippen LogP contribution is 2.35. The van der Waals surface area contributed by atoms with Crippen LogP contribution in [0.2, 0.25) is 0 Å². The van der Waals surface area contributed by atoms with Crippen LogP contribution >= 0.6 is 0 Å². The summed E-state index contributed by atoms with van der Waals surface area (Å²) in [7, 11) is 0. The van der Waals surface area contributed by atoms with Gasteiger partial charge in [-0.15, -0.1) is 0 Å². The lowest BCUT2D eigenvalue weighted by atomic mass is 9.81. The zero-order valence-electron chi connectivity index (χ0n) is 10.3. The number of ketones is 2. The summed E-state index contributed by atoms with van der Waals surface area (Å²) in [5.74, 6) is 0.515. The summed E-state index contributed by atoms with van der Waals surface area (Å²) in [6, 6.07) is 0. The van der Waals surface area contributed by atoms with Gasteiger partial charge in [0.15, 0.2) is 0 Å². The molecule has 0 aromatic heterocycles. The van der Waals surface area contributed by atoms with Crippen molar-refractivity contribution in [3.8, 4) is 0 Å². The molecule has 86 valence electrons. The Labute approximate surface area is 92.4 Å². The number of hydrogen-bond acceptors (Lipinski definition) is 2. The lowest BCUT2D eigenvalue weighted by molar-refractivity contribution is -0.131. The molecule has 2 unspecified atom stereocenters. The third kappa shape index (κ3) is 3.44. The molecule has 1 aliphatic carbocycles. The van der Waals surface area contributed by atoms with Crippen molar-refractivity contribution in [2.45, 2.75) is 53.4 Å². The molecule has 0 saturated heterocycles. The topological polar surface area (TPSA) is 34.1 Å². The Bertz CT molecular complexity index is 260. The van der Waals surface area contributed by atoms with E-state index >= 15 is 0 Å². The second-order valence-electron chi connectivity index (χ2n) is 5.96. The largest absolute Gasteiger partial charge is 0.300 e. The molecule has 1 saturated carbocycles. The maximum absolute atomic E-state index is 12.0. The number of hydrogen-bond donors (Lipinski definition) is 0. The van der Waals surface area contributed by atoms with Crippen LogP contribution in [0.4, 0.5) is 0 Å². The van der Waals surface area contributed by atoms with Crippen LogP contribution in [0.3, 0.4) is 0 Å². The summed E-state index contributed by atoms with van der Waals surface area (Å²) < 4.78 is 0. The van der Waals surface area contributed by atoms with E-state index in [1.807, 2.05) is 0 Å². The molecular weight excluding hydrogens is 188 g/mol.